The second-order valence-electron chi connectivity index (χ2n) is 2.09. The Morgan fingerprint density at radius 3 is 2.00 bits per heavy atom. The molecule has 0 aliphatic carbocycles. The Balaban J connectivity index is -0.0000000817. The van der Waals surface area contributed by atoms with Gasteiger partial charge in [-0.3, -0.25) is 6.08 Å². The van der Waals surface area contributed by atoms with Crippen molar-refractivity contribution in [3.05, 3.63) is 12.7 Å². The molecule has 0 atom stereocenters. The molecule has 0 fully saturated rings. The van der Waals surface area contributed by atoms with E-state index in [0.29, 0.717) is 0 Å². The van der Waals surface area contributed by atoms with Crippen LogP contribution in [0.4, 0.5) is 0 Å². The van der Waals surface area contributed by atoms with Gasteiger partial charge in [0.25, 0.3) is 0 Å². The Bertz CT molecular complexity index is 58.1. The van der Waals surface area contributed by atoms with Crippen molar-refractivity contribution in [2.24, 2.45) is 0 Å². The van der Waals surface area contributed by atoms with Crippen molar-refractivity contribution >= 4 is 0 Å². The predicted octanol–water partition coefficient (Wildman–Crippen LogP) is -3.05. The number of hydrogen-bond donors (Lipinski definition) is 0. The molecule has 0 aromatic carbocycles. The van der Waals surface area contributed by atoms with Crippen molar-refractivity contribution in [1.82, 2.24) is 0 Å². The Morgan fingerprint density at radius 2 is 1.64 bits per heavy atom. The number of halogens is 2. The van der Waals surface area contributed by atoms with E-state index in [9.17, 15) is 0 Å². The molecule has 0 saturated carbocycles. The number of unbranched alkanes of at least 4 members (excludes halogenated alkanes) is 4. The maximum Gasteiger partial charge on any atom is 3.00 e. The predicted molar refractivity (Wildman–Crippen MR) is 37.6 cm³/mol. The molecular formula is C8H15CeCl2. The maximum absolute atomic E-state index is 5.19. The van der Waals surface area contributed by atoms with E-state index in [-0.39, 0.29) is 66.6 Å². The number of rotatable bonds is 5. The SMILES string of the molecule is [CH-]=CCCCCCC.[Ce+3].[Cl-].[Cl-]. The van der Waals surface area contributed by atoms with Crippen LogP contribution in [0, 0.1) is 48.3 Å². The van der Waals surface area contributed by atoms with Crippen molar-refractivity contribution in [2.45, 2.75) is 39.0 Å². The first-order chi connectivity index (χ1) is 3.91. The molecule has 0 amide bonds. The largest absolute Gasteiger partial charge is 3.00 e. The summed E-state index contributed by atoms with van der Waals surface area (Å²) in [6.45, 7) is 7.40. The third kappa shape index (κ3) is 24.5. The monoisotopic (exact) mass is 321 g/mol. The molecule has 0 aliphatic heterocycles. The molecule has 1 radical (unpaired) electrons. The standard InChI is InChI=1S/C8H15.Ce.2ClH/c1-3-5-7-8-6-4-2;;;/h1,3H,4-8H2,2H3;;2*1H/q-1;+3;;/p-2. The fourth-order valence-electron chi connectivity index (χ4n) is 0.689. The molecule has 0 heterocycles. The zero-order valence-electron chi connectivity index (χ0n) is 6.95. The summed E-state index contributed by atoms with van der Waals surface area (Å²) in [7, 11) is 0. The molecule has 0 N–H and O–H groups in total. The van der Waals surface area contributed by atoms with Crippen LogP contribution in [0.25, 0.3) is 0 Å². The normalized spacial score (nSPS) is 6.64. The Kier molecular flexibility index (Phi) is 47.2. The molecule has 0 unspecified atom stereocenters. The van der Waals surface area contributed by atoms with Crippen LogP contribution in [-0.2, 0) is 0 Å². The Hall–Kier alpha value is 1.70. The fraction of sp³-hybridized carbons (Fsp3) is 0.750. The molecule has 0 spiro atoms. The van der Waals surface area contributed by atoms with Crippen molar-refractivity contribution in [2.75, 3.05) is 0 Å². The van der Waals surface area contributed by atoms with E-state index in [1.54, 1.807) is 6.08 Å². The molecule has 3 heteroatoms. The maximum atomic E-state index is 5.19. The van der Waals surface area contributed by atoms with E-state index in [0.717, 1.165) is 6.42 Å². The first-order valence-corrected chi connectivity index (χ1v) is 3.45. The summed E-state index contributed by atoms with van der Waals surface area (Å²) in [5.74, 6) is 0. The quantitative estimate of drug-likeness (QED) is 0.373. The van der Waals surface area contributed by atoms with Crippen LogP contribution < -0.4 is 24.8 Å². The second-order valence-corrected chi connectivity index (χ2v) is 2.09. The zero-order chi connectivity index (χ0) is 6.24. The van der Waals surface area contributed by atoms with Crippen LogP contribution in [0.5, 0.6) is 0 Å². The molecule has 0 nitrogen and oxygen atoms in total. The summed E-state index contributed by atoms with van der Waals surface area (Å²) >= 11 is 0. The molecule has 0 aliphatic rings. The van der Waals surface area contributed by atoms with E-state index in [2.05, 4.69) is 6.92 Å². The van der Waals surface area contributed by atoms with Crippen molar-refractivity contribution in [1.29, 1.82) is 0 Å². The van der Waals surface area contributed by atoms with E-state index in [4.69, 9.17) is 6.58 Å². The molecule has 0 aromatic heterocycles. The molecular weight excluding hydrogens is 307 g/mol. The Morgan fingerprint density at radius 1 is 1.09 bits per heavy atom. The third-order valence-corrected chi connectivity index (χ3v) is 1.22. The molecule has 0 rings (SSSR count). The minimum Gasteiger partial charge on any atom is -1.00 e. The van der Waals surface area contributed by atoms with Crippen LogP contribution in [0.2, 0.25) is 0 Å². The average Bonchev–Trinajstić information content (AvgIpc) is 1.81. The van der Waals surface area contributed by atoms with Gasteiger partial charge in [0.15, 0.2) is 0 Å². The van der Waals surface area contributed by atoms with E-state index < -0.39 is 0 Å². The summed E-state index contributed by atoms with van der Waals surface area (Å²) in [5.41, 5.74) is 0. The first-order valence-electron chi connectivity index (χ1n) is 3.45. The van der Waals surface area contributed by atoms with Gasteiger partial charge in [-0.15, -0.1) is 0 Å². The van der Waals surface area contributed by atoms with Crippen LogP contribution in [0.15, 0.2) is 6.08 Å². The fourth-order valence-corrected chi connectivity index (χ4v) is 0.689. The average molecular weight is 322 g/mol. The van der Waals surface area contributed by atoms with Gasteiger partial charge in [-0.1, -0.05) is 39.0 Å². The minimum atomic E-state index is 0. The van der Waals surface area contributed by atoms with Gasteiger partial charge in [-0.2, -0.15) is 0 Å². The van der Waals surface area contributed by atoms with Crippen molar-refractivity contribution in [3.8, 4) is 0 Å². The minimum absolute atomic E-state index is 0. The van der Waals surface area contributed by atoms with E-state index in [1.807, 2.05) is 0 Å². The summed E-state index contributed by atoms with van der Waals surface area (Å²) in [4.78, 5) is 0. The van der Waals surface area contributed by atoms with Crippen molar-refractivity contribution < 1.29 is 66.6 Å². The van der Waals surface area contributed by atoms with Gasteiger partial charge >= 0.3 is 41.7 Å². The van der Waals surface area contributed by atoms with Crippen molar-refractivity contribution in [3.63, 3.8) is 0 Å². The van der Waals surface area contributed by atoms with Gasteiger partial charge in [0.05, 0.1) is 0 Å². The topological polar surface area (TPSA) is 0 Å². The first kappa shape index (κ1) is 23.0. The van der Waals surface area contributed by atoms with E-state index >= 15 is 0 Å². The molecule has 65 valence electrons. The third-order valence-electron chi connectivity index (χ3n) is 1.22. The summed E-state index contributed by atoms with van der Waals surface area (Å²) < 4.78 is 0. The summed E-state index contributed by atoms with van der Waals surface area (Å²) in [6.07, 6.45) is 8.10. The Labute approximate surface area is 117 Å². The number of hydrogen-bond acceptors (Lipinski definition) is 0. The van der Waals surface area contributed by atoms with Gasteiger partial charge in [-0.05, 0) is 0 Å². The van der Waals surface area contributed by atoms with Crippen LogP contribution in [0.3, 0.4) is 0 Å². The van der Waals surface area contributed by atoms with E-state index in [1.165, 1.54) is 25.7 Å². The smallest absolute Gasteiger partial charge is 1.00 e. The summed E-state index contributed by atoms with van der Waals surface area (Å²) in [5, 5.41) is 0. The van der Waals surface area contributed by atoms with Crippen LogP contribution in [0.1, 0.15) is 39.0 Å². The molecule has 0 bridgehead atoms. The van der Waals surface area contributed by atoms with Crippen LogP contribution >= 0.6 is 0 Å². The summed E-state index contributed by atoms with van der Waals surface area (Å²) in [6, 6.07) is 0. The van der Waals surface area contributed by atoms with Crippen LogP contribution in [-0.4, -0.2) is 0 Å². The molecule has 0 aromatic rings. The number of allylic oxidation sites excluding steroid dienone is 1. The zero-order valence-corrected chi connectivity index (χ0v) is 11.6. The van der Waals surface area contributed by atoms with Gasteiger partial charge in [0.2, 0.25) is 0 Å². The second kappa shape index (κ2) is 22.6. The van der Waals surface area contributed by atoms with Gasteiger partial charge in [-0.25, -0.2) is 0 Å². The molecule has 11 heavy (non-hydrogen) atoms. The van der Waals surface area contributed by atoms with Gasteiger partial charge in [0.1, 0.15) is 0 Å². The van der Waals surface area contributed by atoms with Gasteiger partial charge in [0, 0.05) is 0 Å². The molecule has 0 saturated heterocycles. The van der Waals surface area contributed by atoms with Gasteiger partial charge < -0.3 is 31.4 Å².